The van der Waals surface area contributed by atoms with Crippen molar-refractivity contribution in [3.05, 3.63) is 0 Å². The number of hydrogen-bond donors (Lipinski definition) is 1. The molecule has 0 bridgehead atoms. The normalized spacial score (nSPS) is 5.80. The zero-order chi connectivity index (χ0) is 4.50. The molecule has 1 radical (unpaired) electrons. The van der Waals surface area contributed by atoms with Crippen LogP contribution in [0.4, 0.5) is 0 Å². The largest absolute Gasteiger partial charge is 2.00 e. The van der Waals surface area contributed by atoms with Crippen LogP contribution in [0.5, 0.6) is 0 Å². The van der Waals surface area contributed by atoms with Crippen LogP contribution in [0.3, 0.4) is 0 Å². The first kappa shape index (κ1) is 48.7. The molecule has 0 rings (SSSR count). The maximum atomic E-state index is 8.85. The molecule has 10 heavy (non-hydrogen) atoms. The van der Waals surface area contributed by atoms with Gasteiger partial charge in [0, 0.05) is 0 Å². The quantitative estimate of drug-likeness (QED) is 0.316. The van der Waals surface area contributed by atoms with Crippen LogP contribution in [0.1, 0.15) is 0 Å². The van der Waals surface area contributed by atoms with Crippen LogP contribution in [-0.2, 0) is 27.4 Å². The molecule has 0 atom stereocenters. The van der Waals surface area contributed by atoms with E-state index in [9.17, 15) is 0 Å². The van der Waals surface area contributed by atoms with Gasteiger partial charge in [-0.3, -0.25) is 0 Å². The fourth-order valence-electron chi connectivity index (χ4n) is 0. The maximum Gasteiger partial charge on any atom is 2.00 e. The van der Waals surface area contributed by atoms with Gasteiger partial charge in [-0.1, -0.05) is 0 Å². The van der Waals surface area contributed by atoms with E-state index in [1.165, 1.54) is 0 Å². The SMILES string of the molecule is NS(=O)(=O)[O-].O.O.O.O.[Mn+2]. The topological polar surface area (TPSA) is 209 Å². The van der Waals surface area contributed by atoms with Gasteiger partial charge in [0.2, 0.25) is 0 Å². The summed E-state index contributed by atoms with van der Waals surface area (Å²) in [5.74, 6) is 0. The van der Waals surface area contributed by atoms with E-state index >= 15 is 0 Å². The summed E-state index contributed by atoms with van der Waals surface area (Å²) in [4.78, 5) is 0. The molecule has 10 heteroatoms. The standard InChI is InChI=1S/Mn.H3NO3S.4H2O/c;1-5(2,3)4;;;;/h;(H3,1,2,3,4);4*1H2/q+2;;;;;/p-1. The molecule has 0 aliphatic rings. The van der Waals surface area contributed by atoms with Gasteiger partial charge in [-0.05, 0) is 0 Å². The predicted molar refractivity (Wildman–Crippen MR) is 28.3 cm³/mol. The van der Waals surface area contributed by atoms with E-state index in [-0.39, 0.29) is 39.0 Å². The van der Waals surface area contributed by atoms with Gasteiger partial charge in [-0.25, -0.2) is 13.6 Å². The molecule has 0 saturated carbocycles. The van der Waals surface area contributed by atoms with E-state index in [2.05, 4.69) is 5.14 Å². The van der Waals surface area contributed by atoms with E-state index in [0.29, 0.717) is 0 Å². The van der Waals surface area contributed by atoms with Gasteiger partial charge in [0.1, 0.15) is 0 Å². The monoisotopic (exact) mass is 223 g/mol. The van der Waals surface area contributed by atoms with Crippen molar-refractivity contribution in [1.82, 2.24) is 0 Å². The van der Waals surface area contributed by atoms with Crippen molar-refractivity contribution < 1.29 is 51.9 Å². The molecular formula is H10MnNO7S+. The number of hydrogen-bond acceptors (Lipinski definition) is 3. The summed E-state index contributed by atoms with van der Waals surface area (Å²) in [7, 11) is -4.42. The first-order valence-corrected chi connectivity index (χ1v) is 2.21. The summed E-state index contributed by atoms with van der Waals surface area (Å²) < 4.78 is 26.6. The summed E-state index contributed by atoms with van der Waals surface area (Å²) in [5, 5.41) is 3.77. The summed E-state index contributed by atoms with van der Waals surface area (Å²) in [5.41, 5.74) is 0. The van der Waals surface area contributed by atoms with E-state index in [1.54, 1.807) is 0 Å². The van der Waals surface area contributed by atoms with Crippen molar-refractivity contribution in [2.24, 2.45) is 5.14 Å². The average molecular weight is 223 g/mol. The Morgan fingerprint density at radius 3 is 1.00 bits per heavy atom. The Kier molecular flexibility index (Phi) is 78.5. The molecule has 0 aromatic rings. The van der Waals surface area contributed by atoms with Crippen LogP contribution in [0.25, 0.3) is 0 Å². The minimum Gasteiger partial charge on any atom is -0.736 e. The molecule has 0 aliphatic heterocycles. The molecule has 0 aromatic heterocycles. The summed E-state index contributed by atoms with van der Waals surface area (Å²) in [6.07, 6.45) is 0. The number of nitrogens with two attached hydrogens (primary N) is 1. The van der Waals surface area contributed by atoms with Crippen LogP contribution in [-0.4, -0.2) is 34.9 Å². The molecule has 0 aliphatic carbocycles. The third-order valence-corrected chi connectivity index (χ3v) is 0. The molecule has 0 unspecified atom stereocenters. The molecule has 0 spiro atoms. The number of rotatable bonds is 0. The Morgan fingerprint density at radius 1 is 1.00 bits per heavy atom. The van der Waals surface area contributed by atoms with E-state index < -0.39 is 10.3 Å². The van der Waals surface area contributed by atoms with Crippen molar-refractivity contribution >= 4 is 10.3 Å². The van der Waals surface area contributed by atoms with Gasteiger partial charge in [0.15, 0.2) is 10.3 Å². The zero-order valence-corrected chi connectivity index (χ0v) is 6.59. The van der Waals surface area contributed by atoms with Gasteiger partial charge >= 0.3 is 17.1 Å². The minimum atomic E-state index is -4.42. The summed E-state index contributed by atoms with van der Waals surface area (Å²) in [6.45, 7) is 0. The van der Waals surface area contributed by atoms with Crippen LogP contribution in [0.2, 0.25) is 0 Å². The molecule has 0 fully saturated rings. The summed E-state index contributed by atoms with van der Waals surface area (Å²) >= 11 is 0. The zero-order valence-electron chi connectivity index (χ0n) is 4.59. The Balaban J connectivity index is -0.00000000800. The van der Waals surface area contributed by atoms with Crippen molar-refractivity contribution in [3.63, 3.8) is 0 Å². The molecule has 10 N–H and O–H groups in total. The van der Waals surface area contributed by atoms with E-state index in [1.807, 2.05) is 0 Å². The predicted octanol–water partition coefficient (Wildman–Crippen LogP) is -4.90. The smallest absolute Gasteiger partial charge is 0.736 e. The first-order chi connectivity index (χ1) is 2.00. The van der Waals surface area contributed by atoms with E-state index in [4.69, 9.17) is 13.0 Å². The molecule has 0 amide bonds. The molecule has 8 nitrogen and oxygen atoms in total. The van der Waals surface area contributed by atoms with E-state index in [0.717, 1.165) is 0 Å². The average Bonchev–Trinajstić information content (AvgIpc) is 0.722. The van der Waals surface area contributed by atoms with Crippen molar-refractivity contribution in [2.75, 3.05) is 0 Å². The Labute approximate surface area is 68.0 Å². The van der Waals surface area contributed by atoms with Crippen LogP contribution in [0.15, 0.2) is 0 Å². The van der Waals surface area contributed by atoms with Crippen molar-refractivity contribution in [1.29, 1.82) is 0 Å². The van der Waals surface area contributed by atoms with Crippen molar-refractivity contribution in [3.8, 4) is 0 Å². The maximum absolute atomic E-state index is 8.85. The third kappa shape index (κ3) is 8170. The van der Waals surface area contributed by atoms with Gasteiger partial charge in [0.05, 0.1) is 0 Å². The van der Waals surface area contributed by atoms with Crippen molar-refractivity contribution in [2.45, 2.75) is 0 Å². The second-order valence-corrected chi connectivity index (χ2v) is 1.48. The third-order valence-electron chi connectivity index (χ3n) is 0. The first-order valence-electron chi connectivity index (χ1n) is 0.736. The second kappa shape index (κ2) is 16.1. The van der Waals surface area contributed by atoms with Crippen LogP contribution >= 0.6 is 0 Å². The summed E-state index contributed by atoms with van der Waals surface area (Å²) in [6, 6.07) is 0. The fraction of sp³-hybridized carbons (Fsp3) is 0. The Hall–Kier alpha value is 0.229. The Morgan fingerprint density at radius 2 is 1.00 bits per heavy atom. The molecule has 0 aromatic carbocycles. The minimum absolute atomic E-state index is 0. The second-order valence-electron chi connectivity index (χ2n) is 0.493. The van der Waals surface area contributed by atoms with Gasteiger partial charge in [-0.15, -0.1) is 0 Å². The molecular weight excluding hydrogens is 213 g/mol. The fourth-order valence-corrected chi connectivity index (χ4v) is 0. The Bertz CT molecular complexity index is 96.8. The van der Waals surface area contributed by atoms with Gasteiger partial charge in [-0.2, -0.15) is 0 Å². The molecule has 0 saturated heterocycles. The van der Waals surface area contributed by atoms with Gasteiger partial charge in [0.25, 0.3) is 0 Å². The molecule has 0 heterocycles. The van der Waals surface area contributed by atoms with Crippen LogP contribution < -0.4 is 5.14 Å². The van der Waals surface area contributed by atoms with Crippen LogP contribution in [0, 0.1) is 0 Å². The molecule has 69 valence electrons. The van der Waals surface area contributed by atoms with Gasteiger partial charge < -0.3 is 26.5 Å².